The Morgan fingerprint density at radius 1 is 1.09 bits per heavy atom. The third-order valence-corrected chi connectivity index (χ3v) is 8.47. The Bertz CT molecular complexity index is 1630. The second-order valence-corrected chi connectivity index (χ2v) is 11.5. The number of amides is 4. The van der Waals surface area contributed by atoms with Crippen LogP contribution in [0.1, 0.15) is 41.7 Å². The first-order valence-electron chi connectivity index (χ1n) is 14.9. The predicted molar refractivity (Wildman–Crippen MR) is 159 cm³/mol. The zero-order valence-electron chi connectivity index (χ0n) is 25.0. The maximum Gasteiger partial charge on any atom is 0.393 e. The molecule has 2 aliphatic rings. The van der Waals surface area contributed by atoms with E-state index < -0.39 is 66.6 Å². The van der Waals surface area contributed by atoms with Crippen LogP contribution in [0.15, 0.2) is 54.6 Å². The van der Waals surface area contributed by atoms with Gasteiger partial charge in [-0.2, -0.15) is 13.2 Å². The molecule has 0 aliphatic carbocycles. The van der Waals surface area contributed by atoms with E-state index in [2.05, 4.69) is 20.9 Å². The van der Waals surface area contributed by atoms with Crippen molar-refractivity contribution in [2.75, 3.05) is 20.2 Å². The number of nitrogens with zero attached hydrogens (tertiary/aromatic N) is 1. The molecule has 4 atom stereocenters. The number of aromatic amines is 1. The molecule has 14 heteroatoms. The van der Waals surface area contributed by atoms with E-state index in [1.807, 2.05) is 0 Å². The smallest absolute Gasteiger partial charge is 0.393 e. The van der Waals surface area contributed by atoms with E-state index in [1.54, 1.807) is 48.5 Å². The summed E-state index contributed by atoms with van der Waals surface area (Å²) in [6.45, 7) is -0.326. The molecule has 244 valence electrons. The molecule has 4 amide bonds. The summed E-state index contributed by atoms with van der Waals surface area (Å²) in [7, 11) is 1.44. The standard InChI is InChI=1S/C32H34F3N5O6/c1-46-26-11-5-10-22-21(26)15-24(38-22)31(45)40-17-20(32(33,34)35)14-25(40)29(43)39-23(13-19-9-6-12-36-28(19)42)27(41)30(44)37-16-18-7-3-2-4-8-18/h2-5,7-8,10-11,15,19-20,23,25,38H,6,9,12-14,16-17H2,1H3,(H,36,42)(H,37,44)(H,39,43)/t19?,20-,23?,25+/m1/s1. The minimum Gasteiger partial charge on any atom is -0.496 e. The van der Waals surface area contributed by atoms with Gasteiger partial charge in [0.25, 0.3) is 11.8 Å². The summed E-state index contributed by atoms with van der Waals surface area (Å²) in [4.78, 5) is 69.9. The highest BCUT2D eigenvalue weighted by Gasteiger charge is 2.51. The van der Waals surface area contributed by atoms with Gasteiger partial charge in [0.2, 0.25) is 17.6 Å². The molecule has 5 rings (SSSR count). The number of halogens is 3. The van der Waals surface area contributed by atoms with Gasteiger partial charge in [0.15, 0.2) is 0 Å². The van der Waals surface area contributed by atoms with Crippen LogP contribution >= 0.6 is 0 Å². The van der Waals surface area contributed by atoms with Crippen molar-refractivity contribution in [1.29, 1.82) is 0 Å². The summed E-state index contributed by atoms with van der Waals surface area (Å²) in [5.74, 6) is -6.57. The number of H-pyrrole nitrogens is 1. The molecular formula is C32H34F3N5O6. The fourth-order valence-corrected chi connectivity index (χ4v) is 5.99. The highest BCUT2D eigenvalue weighted by molar-refractivity contribution is 6.38. The van der Waals surface area contributed by atoms with Crippen LogP contribution in [0.4, 0.5) is 13.2 Å². The highest BCUT2D eigenvalue weighted by Crippen LogP contribution is 2.38. The number of Topliss-reactive ketones (excluding diaryl/α,β-unsaturated/α-hetero) is 1. The van der Waals surface area contributed by atoms with Crippen LogP contribution in [0.3, 0.4) is 0 Å². The number of piperidine rings is 1. The van der Waals surface area contributed by atoms with Gasteiger partial charge in [-0.05, 0) is 49.4 Å². The minimum atomic E-state index is -4.70. The SMILES string of the molecule is COc1cccc2[nH]c(C(=O)N3C[C@H](C(F)(F)F)C[C@H]3C(=O)NC(CC3CCCNC3=O)C(=O)C(=O)NCc3ccccc3)cc12. The predicted octanol–water partition coefficient (Wildman–Crippen LogP) is 2.86. The molecule has 0 spiro atoms. The summed E-state index contributed by atoms with van der Waals surface area (Å²) >= 11 is 0. The van der Waals surface area contributed by atoms with E-state index in [1.165, 1.54) is 13.2 Å². The molecule has 0 bridgehead atoms. The first-order valence-corrected chi connectivity index (χ1v) is 14.9. The van der Waals surface area contributed by atoms with Crippen molar-refractivity contribution < 1.29 is 41.9 Å². The van der Waals surface area contributed by atoms with E-state index in [9.17, 15) is 37.1 Å². The number of fused-ring (bicyclic) bond motifs is 1. The van der Waals surface area contributed by atoms with E-state index in [0.29, 0.717) is 41.6 Å². The van der Waals surface area contributed by atoms with E-state index in [-0.39, 0.29) is 24.6 Å². The summed E-state index contributed by atoms with van der Waals surface area (Å²) in [6.07, 6.45) is -4.68. The van der Waals surface area contributed by atoms with Gasteiger partial charge >= 0.3 is 6.18 Å². The van der Waals surface area contributed by atoms with Crippen LogP contribution in [0, 0.1) is 11.8 Å². The van der Waals surface area contributed by atoms with Crippen molar-refractivity contribution in [3.63, 3.8) is 0 Å². The van der Waals surface area contributed by atoms with Gasteiger partial charge in [0.05, 0.1) is 19.1 Å². The molecule has 46 heavy (non-hydrogen) atoms. The molecule has 2 unspecified atom stereocenters. The Labute approximate surface area is 262 Å². The number of ketones is 1. The van der Waals surface area contributed by atoms with Crippen molar-refractivity contribution >= 4 is 40.3 Å². The zero-order chi connectivity index (χ0) is 33.0. The van der Waals surface area contributed by atoms with Crippen molar-refractivity contribution in [2.24, 2.45) is 11.8 Å². The molecule has 0 radical (unpaired) electrons. The maximum absolute atomic E-state index is 13.9. The molecule has 3 heterocycles. The first kappa shape index (κ1) is 32.5. The van der Waals surface area contributed by atoms with E-state index in [4.69, 9.17) is 4.74 Å². The number of benzene rings is 2. The molecule has 0 saturated carbocycles. The number of hydrogen-bond donors (Lipinski definition) is 4. The van der Waals surface area contributed by atoms with Gasteiger partial charge in [0.1, 0.15) is 17.5 Å². The van der Waals surface area contributed by atoms with Gasteiger partial charge in [-0.1, -0.05) is 36.4 Å². The lowest BCUT2D eigenvalue weighted by atomic mass is 9.89. The topological polar surface area (TPSA) is 150 Å². The average Bonchev–Trinajstić information content (AvgIpc) is 3.70. The number of ether oxygens (including phenoxy) is 1. The van der Waals surface area contributed by atoms with E-state index >= 15 is 0 Å². The Balaban J connectivity index is 1.38. The number of rotatable bonds is 10. The number of carbonyl (C=O) groups excluding carboxylic acids is 5. The zero-order valence-corrected chi connectivity index (χ0v) is 25.0. The Morgan fingerprint density at radius 3 is 2.54 bits per heavy atom. The van der Waals surface area contributed by atoms with Gasteiger partial charge in [-0.25, -0.2) is 0 Å². The quantitative estimate of drug-likeness (QED) is 0.250. The van der Waals surface area contributed by atoms with Crippen molar-refractivity contribution in [2.45, 2.75) is 50.5 Å². The van der Waals surface area contributed by atoms with Gasteiger partial charge in [0, 0.05) is 36.5 Å². The van der Waals surface area contributed by atoms with Gasteiger partial charge < -0.3 is 30.6 Å². The molecule has 1 aromatic heterocycles. The summed E-state index contributed by atoms with van der Waals surface area (Å²) < 4.78 is 47.1. The molecule has 2 saturated heterocycles. The fourth-order valence-electron chi connectivity index (χ4n) is 5.99. The second-order valence-electron chi connectivity index (χ2n) is 11.5. The average molecular weight is 642 g/mol. The Hall–Kier alpha value is -4.88. The van der Waals surface area contributed by atoms with Crippen LogP contribution in [0.25, 0.3) is 10.9 Å². The minimum absolute atomic E-state index is 0.0173. The number of carbonyl (C=O) groups is 5. The molecule has 2 fully saturated rings. The second kappa shape index (κ2) is 13.6. The van der Waals surface area contributed by atoms with Crippen LogP contribution in [-0.2, 0) is 25.7 Å². The lowest BCUT2D eigenvalue weighted by Crippen LogP contribution is -2.54. The molecule has 4 N–H and O–H groups in total. The van der Waals surface area contributed by atoms with Gasteiger partial charge in [-0.15, -0.1) is 0 Å². The van der Waals surface area contributed by atoms with Crippen LogP contribution in [0.2, 0.25) is 0 Å². The fraction of sp³-hybridized carbons (Fsp3) is 0.406. The lowest BCUT2D eigenvalue weighted by Gasteiger charge is -2.28. The Kier molecular flexibility index (Phi) is 9.63. The van der Waals surface area contributed by atoms with E-state index in [0.717, 1.165) is 4.90 Å². The number of likely N-dealkylation sites (tertiary alicyclic amines) is 1. The molecular weight excluding hydrogens is 607 g/mol. The third kappa shape index (κ3) is 7.16. The highest BCUT2D eigenvalue weighted by atomic mass is 19.4. The van der Waals surface area contributed by atoms with Crippen molar-refractivity contribution in [3.8, 4) is 5.75 Å². The monoisotopic (exact) mass is 641 g/mol. The number of aromatic nitrogens is 1. The van der Waals surface area contributed by atoms with Crippen LogP contribution < -0.4 is 20.7 Å². The number of methoxy groups -OCH3 is 1. The normalized spacial score (nSPS) is 20.6. The number of alkyl halides is 3. The summed E-state index contributed by atoms with van der Waals surface area (Å²) in [6, 6.07) is 12.1. The summed E-state index contributed by atoms with van der Waals surface area (Å²) in [5.41, 5.74) is 1.17. The number of hydrogen-bond acceptors (Lipinski definition) is 6. The molecule has 2 aromatic carbocycles. The molecule has 11 nitrogen and oxygen atoms in total. The molecule has 3 aromatic rings. The third-order valence-electron chi connectivity index (χ3n) is 8.47. The lowest BCUT2D eigenvalue weighted by molar-refractivity contribution is -0.170. The van der Waals surface area contributed by atoms with Crippen molar-refractivity contribution in [3.05, 3.63) is 65.9 Å². The Morgan fingerprint density at radius 2 is 1.85 bits per heavy atom. The maximum atomic E-state index is 13.9. The van der Waals surface area contributed by atoms with Crippen molar-refractivity contribution in [1.82, 2.24) is 25.8 Å². The molecule has 2 aliphatic heterocycles. The summed E-state index contributed by atoms with van der Waals surface area (Å²) in [5, 5.41) is 8.15. The largest absolute Gasteiger partial charge is 0.496 e. The van der Waals surface area contributed by atoms with Crippen LogP contribution in [-0.4, -0.2) is 77.8 Å². The van der Waals surface area contributed by atoms with Gasteiger partial charge in [-0.3, -0.25) is 24.0 Å². The van der Waals surface area contributed by atoms with Crippen LogP contribution in [0.5, 0.6) is 5.75 Å². The number of nitrogens with one attached hydrogen (secondary N) is 4. The first-order chi connectivity index (χ1) is 22.0.